The first-order valence-corrected chi connectivity index (χ1v) is 7.12. The summed E-state index contributed by atoms with van der Waals surface area (Å²) in [4.78, 5) is 28.0. The zero-order valence-electron chi connectivity index (χ0n) is 13.1. The zero-order valence-corrected chi connectivity index (χ0v) is 13.1. The fourth-order valence-corrected chi connectivity index (χ4v) is 1.72. The molecule has 0 atom stereocenters. The smallest absolute Gasteiger partial charge is 0.270 e. The maximum Gasteiger partial charge on any atom is 0.270 e. The molecular weight excluding hydrogens is 268 g/mol. The Morgan fingerprint density at radius 1 is 1.29 bits per heavy atom. The van der Waals surface area contributed by atoms with Crippen molar-refractivity contribution in [3.63, 3.8) is 0 Å². The number of pyridine rings is 1. The van der Waals surface area contributed by atoms with Crippen LogP contribution in [0.3, 0.4) is 0 Å². The molecule has 0 radical (unpaired) electrons. The van der Waals surface area contributed by atoms with Crippen molar-refractivity contribution in [1.29, 1.82) is 0 Å². The highest BCUT2D eigenvalue weighted by Gasteiger charge is 2.27. The molecule has 0 spiro atoms. The Hall–Kier alpha value is -2.11. The molecule has 0 aliphatic heterocycles. The standard InChI is InChI=1S/C15H24N4O2/c1-5-9-17-12-8-6-7-11(19-12)13(20)18-10-15(2,3)14(21)16-4/h6-8H,5,9-10H2,1-4H3,(H,16,21)(H,17,19)(H,18,20). The highest BCUT2D eigenvalue weighted by molar-refractivity contribution is 5.93. The molecule has 21 heavy (non-hydrogen) atoms. The van der Waals surface area contributed by atoms with Gasteiger partial charge in [-0.1, -0.05) is 13.0 Å². The molecule has 0 aromatic carbocycles. The van der Waals surface area contributed by atoms with Gasteiger partial charge < -0.3 is 16.0 Å². The monoisotopic (exact) mass is 292 g/mol. The third-order valence-electron chi connectivity index (χ3n) is 3.07. The van der Waals surface area contributed by atoms with Crippen LogP contribution in [0, 0.1) is 5.41 Å². The summed E-state index contributed by atoms with van der Waals surface area (Å²) < 4.78 is 0. The molecule has 0 saturated heterocycles. The van der Waals surface area contributed by atoms with Gasteiger partial charge in [0.2, 0.25) is 5.91 Å². The van der Waals surface area contributed by atoms with Crippen molar-refractivity contribution in [2.24, 2.45) is 5.41 Å². The molecule has 1 heterocycles. The number of hydrogen-bond donors (Lipinski definition) is 3. The second-order valence-electron chi connectivity index (χ2n) is 5.48. The van der Waals surface area contributed by atoms with E-state index in [0.717, 1.165) is 13.0 Å². The van der Waals surface area contributed by atoms with Gasteiger partial charge in [0.25, 0.3) is 5.91 Å². The topological polar surface area (TPSA) is 83.1 Å². The minimum absolute atomic E-state index is 0.117. The molecule has 0 aliphatic carbocycles. The lowest BCUT2D eigenvalue weighted by atomic mass is 9.92. The summed E-state index contributed by atoms with van der Waals surface area (Å²) in [6.07, 6.45) is 0.985. The predicted molar refractivity (Wildman–Crippen MR) is 83.2 cm³/mol. The molecule has 6 nitrogen and oxygen atoms in total. The van der Waals surface area contributed by atoms with E-state index in [0.29, 0.717) is 11.5 Å². The minimum atomic E-state index is -0.664. The van der Waals surface area contributed by atoms with E-state index >= 15 is 0 Å². The first kappa shape index (κ1) is 16.9. The van der Waals surface area contributed by atoms with Crippen LogP contribution in [0.4, 0.5) is 5.82 Å². The molecule has 1 aromatic rings. The van der Waals surface area contributed by atoms with Crippen molar-refractivity contribution in [2.75, 3.05) is 25.5 Å². The SMILES string of the molecule is CCCNc1cccc(C(=O)NCC(C)(C)C(=O)NC)n1. The maximum absolute atomic E-state index is 12.1. The van der Waals surface area contributed by atoms with Crippen LogP contribution in [-0.4, -0.2) is 36.9 Å². The van der Waals surface area contributed by atoms with Gasteiger partial charge in [-0.3, -0.25) is 9.59 Å². The molecule has 1 rings (SSSR count). The fourth-order valence-electron chi connectivity index (χ4n) is 1.72. The van der Waals surface area contributed by atoms with Crippen LogP contribution in [0.5, 0.6) is 0 Å². The number of carbonyl (C=O) groups excluding carboxylic acids is 2. The Kier molecular flexibility index (Phi) is 6.14. The van der Waals surface area contributed by atoms with E-state index in [1.807, 2.05) is 6.07 Å². The Morgan fingerprint density at radius 2 is 2.00 bits per heavy atom. The van der Waals surface area contributed by atoms with E-state index in [9.17, 15) is 9.59 Å². The summed E-state index contributed by atoms with van der Waals surface area (Å²) >= 11 is 0. The average molecular weight is 292 g/mol. The summed E-state index contributed by atoms with van der Waals surface area (Å²) in [6.45, 7) is 6.67. The van der Waals surface area contributed by atoms with Gasteiger partial charge in [0.15, 0.2) is 0 Å². The minimum Gasteiger partial charge on any atom is -0.370 e. The average Bonchev–Trinajstić information content (AvgIpc) is 2.50. The summed E-state index contributed by atoms with van der Waals surface area (Å²) in [7, 11) is 1.58. The summed E-state index contributed by atoms with van der Waals surface area (Å²) in [5.74, 6) is 0.274. The second kappa shape index (κ2) is 7.61. The van der Waals surface area contributed by atoms with Gasteiger partial charge in [-0.25, -0.2) is 4.98 Å². The van der Waals surface area contributed by atoms with Crippen molar-refractivity contribution in [3.05, 3.63) is 23.9 Å². The third-order valence-corrected chi connectivity index (χ3v) is 3.07. The molecule has 0 bridgehead atoms. The van der Waals surface area contributed by atoms with Crippen LogP contribution in [-0.2, 0) is 4.79 Å². The largest absolute Gasteiger partial charge is 0.370 e. The van der Waals surface area contributed by atoms with E-state index in [1.165, 1.54) is 0 Å². The number of aromatic nitrogens is 1. The summed E-state index contributed by atoms with van der Waals surface area (Å²) in [5.41, 5.74) is -0.327. The number of amides is 2. The first-order chi connectivity index (χ1) is 9.90. The number of carbonyl (C=O) groups is 2. The van der Waals surface area contributed by atoms with Crippen LogP contribution in [0.1, 0.15) is 37.7 Å². The highest BCUT2D eigenvalue weighted by atomic mass is 16.2. The van der Waals surface area contributed by atoms with Crippen molar-refractivity contribution in [1.82, 2.24) is 15.6 Å². The van der Waals surface area contributed by atoms with Crippen molar-refractivity contribution in [3.8, 4) is 0 Å². The fraction of sp³-hybridized carbons (Fsp3) is 0.533. The molecular formula is C15H24N4O2. The number of hydrogen-bond acceptors (Lipinski definition) is 4. The van der Waals surface area contributed by atoms with E-state index in [1.54, 1.807) is 33.0 Å². The van der Waals surface area contributed by atoms with Crippen LogP contribution in [0.15, 0.2) is 18.2 Å². The molecule has 1 aromatic heterocycles. The lowest BCUT2D eigenvalue weighted by Gasteiger charge is -2.22. The van der Waals surface area contributed by atoms with Crippen molar-refractivity contribution in [2.45, 2.75) is 27.2 Å². The van der Waals surface area contributed by atoms with E-state index in [4.69, 9.17) is 0 Å². The Bertz CT molecular complexity index is 500. The molecule has 0 aliphatic rings. The van der Waals surface area contributed by atoms with Crippen molar-refractivity contribution >= 4 is 17.6 Å². The third kappa shape index (κ3) is 5.06. The van der Waals surface area contributed by atoms with Crippen LogP contribution >= 0.6 is 0 Å². The Balaban J connectivity index is 2.65. The summed E-state index contributed by atoms with van der Waals surface area (Å²) in [5, 5.41) is 8.47. The van der Waals surface area contributed by atoms with Gasteiger partial charge >= 0.3 is 0 Å². The van der Waals surface area contributed by atoms with Crippen LogP contribution < -0.4 is 16.0 Å². The number of rotatable bonds is 7. The number of nitrogens with zero attached hydrogens (tertiary/aromatic N) is 1. The Morgan fingerprint density at radius 3 is 2.62 bits per heavy atom. The van der Waals surface area contributed by atoms with Gasteiger partial charge in [0.1, 0.15) is 11.5 Å². The van der Waals surface area contributed by atoms with E-state index in [-0.39, 0.29) is 18.4 Å². The van der Waals surface area contributed by atoms with Crippen LogP contribution in [0.2, 0.25) is 0 Å². The first-order valence-electron chi connectivity index (χ1n) is 7.12. The molecule has 0 fully saturated rings. The second-order valence-corrected chi connectivity index (χ2v) is 5.48. The van der Waals surface area contributed by atoms with Gasteiger partial charge in [0, 0.05) is 20.1 Å². The molecule has 0 unspecified atom stereocenters. The Labute approximate surface area is 125 Å². The number of anilines is 1. The van der Waals surface area contributed by atoms with Gasteiger partial charge in [0.05, 0.1) is 5.41 Å². The quantitative estimate of drug-likeness (QED) is 0.709. The number of nitrogens with one attached hydrogen (secondary N) is 3. The molecule has 3 N–H and O–H groups in total. The zero-order chi connectivity index (χ0) is 15.9. The van der Waals surface area contributed by atoms with Crippen LogP contribution in [0.25, 0.3) is 0 Å². The lowest BCUT2D eigenvalue weighted by Crippen LogP contribution is -2.43. The summed E-state index contributed by atoms with van der Waals surface area (Å²) in [6, 6.07) is 5.25. The van der Waals surface area contributed by atoms with E-state index in [2.05, 4.69) is 27.9 Å². The van der Waals surface area contributed by atoms with Crippen molar-refractivity contribution < 1.29 is 9.59 Å². The normalized spacial score (nSPS) is 10.9. The molecule has 0 saturated carbocycles. The predicted octanol–water partition coefficient (Wildman–Crippen LogP) is 1.41. The van der Waals surface area contributed by atoms with Gasteiger partial charge in [-0.05, 0) is 32.4 Å². The molecule has 6 heteroatoms. The molecule has 2 amide bonds. The van der Waals surface area contributed by atoms with Gasteiger partial charge in [-0.15, -0.1) is 0 Å². The lowest BCUT2D eigenvalue weighted by molar-refractivity contribution is -0.128. The maximum atomic E-state index is 12.1. The molecule has 116 valence electrons. The van der Waals surface area contributed by atoms with Gasteiger partial charge in [-0.2, -0.15) is 0 Å². The highest BCUT2D eigenvalue weighted by Crippen LogP contribution is 2.13. The van der Waals surface area contributed by atoms with E-state index < -0.39 is 5.41 Å².